The van der Waals surface area contributed by atoms with Gasteiger partial charge in [-0.1, -0.05) is 25.5 Å². The van der Waals surface area contributed by atoms with Crippen molar-refractivity contribution in [3.63, 3.8) is 0 Å². The summed E-state index contributed by atoms with van der Waals surface area (Å²) in [6.07, 6.45) is 5.17. The molecule has 2 aromatic heterocycles. The van der Waals surface area contributed by atoms with Crippen LogP contribution in [-0.4, -0.2) is 28.3 Å². The molecule has 0 saturated carbocycles. The van der Waals surface area contributed by atoms with Crippen molar-refractivity contribution in [1.29, 1.82) is 0 Å². The molecular weight excluding hydrogens is 340 g/mol. The molecule has 138 valence electrons. The van der Waals surface area contributed by atoms with Crippen LogP contribution >= 0.6 is 0 Å². The minimum atomic E-state index is -0.847. The molecule has 0 aliphatic carbocycles. The summed E-state index contributed by atoms with van der Waals surface area (Å²) < 4.78 is 0. The van der Waals surface area contributed by atoms with Crippen LogP contribution in [0.1, 0.15) is 41.9 Å². The van der Waals surface area contributed by atoms with Crippen molar-refractivity contribution in [2.45, 2.75) is 25.8 Å². The van der Waals surface area contributed by atoms with E-state index in [0.29, 0.717) is 17.8 Å². The molecule has 27 heavy (non-hydrogen) atoms. The molecule has 0 spiro atoms. The predicted octanol–water partition coefficient (Wildman–Crippen LogP) is 3.02. The Balaban J connectivity index is 1.81. The third-order valence-electron chi connectivity index (χ3n) is 4.22. The number of hydrogen-bond acceptors (Lipinski definition) is 4. The minimum absolute atomic E-state index is 0.266. The maximum Gasteiger partial charge on any atom is 0.252 e. The number of fused-ring (bicyclic) bond motifs is 1. The highest BCUT2D eigenvalue weighted by molar-refractivity contribution is 6.00. The normalized spacial score (nSPS) is 11.7. The van der Waals surface area contributed by atoms with E-state index >= 15 is 0 Å². The lowest BCUT2D eigenvalue weighted by Crippen LogP contribution is -2.41. The number of pyridine rings is 2. The Hall–Kier alpha value is -3.28. The molecule has 2 N–H and O–H groups in total. The van der Waals surface area contributed by atoms with E-state index in [4.69, 9.17) is 0 Å². The summed E-state index contributed by atoms with van der Waals surface area (Å²) in [5.74, 6) is -0.597. The fourth-order valence-corrected chi connectivity index (χ4v) is 2.74. The lowest BCUT2D eigenvalue weighted by Gasteiger charge is -2.18. The first kappa shape index (κ1) is 18.5. The van der Waals surface area contributed by atoms with E-state index in [0.717, 1.165) is 23.7 Å². The third-order valence-corrected chi connectivity index (χ3v) is 4.22. The molecule has 2 amide bonds. The second-order valence-corrected chi connectivity index (χ2v) is 6.22. The van der Waals surface area contributed by atoms with Crippen LogP contribution in [0.4, 0.5) is 0 Å². The molecule has 1 atom stereocenters. The molecule has 3 aromatic rings. The molecule has 2 heterocycles. The monoisotopic (exact) mass is 362 g/mol. The Morgan fingerprint density at radius 3 is 2.67 bits per heavy atom. The van der Waals surface area contributed by atoms with Crippen LogP contribution in [0.15, 0.2) is 60.9 Å². The van der Waals surface area contributed by atoms with Gasteiger partial charge in [-0.05, 0) is 42.8 Å². The molecule has 3 rings (SSSR count). The quantitative estimate of drug-likeness (QED) is 0.633. The highest BCUT2D eigenvalue weighted by Crippen LogP contribution is 2.16. The summed E-state index contributed by atoms with van der Waals surface area (Å²) in [6.45, 7) is 2.62. The molecule has 1 unspecified atom stereocenters. The Morgan fingerprint density at radius 1 is 1.04 bits per heavy atom. The number of aromatic nitrogens is 2. The number of carbonyl (C=O) groups is 2. The second-order valence-electron chi connectivity index (χ2n) is 6.22. The van der Waals surface area contributed by atoms with Crippen LogP contribution in [0.25, 0.3) is 10.9 Å². The summed E-state index contributed by atoms with van der Waals surface area (Å²) in [5, 5.41) is 6.54. The number of rotatable bonds is 7. The number of benzene rings is 1. The van der Waals surface area contributed by atoms with Crippen molar-refractivity contribution in [1.82, 2.24) is 20.6 Å². The maximum atomic E-state index is 12.8. The largest absolute Gasteiger partial charge is 0.354 e. The van der Waals surface area contributed by atoms with E-state index in [1.54, 1.807) is 48.8 Å². The van der Waals surface area contributed by atoms with E-state index in [1.807, 2.05) is 12.1 Å². The van der Waals surface area contributed by atoms with Crippen LogP contribution in [0.2, 0.25) is 0 Å². The summed E-state index contributed by atoms with van der Waals surface area (Å²) in [6, 6.07) is 13.4. The maximum absolute atomic E-state index is 12.8. The number of nitrogens with one attached hydrogen (secondary N) is 2. The number of unbranched alkanes of at least 4 members (excludes halogenated alkanes) is 1. The number of nitrogens with zero attached hydrogens (tertiary/aromatic N) is 2. The molecule has 0 fully saturated rings. The summed E-state index contributed by atoms with van der Waals surface area (Å²) in [4.78, 5) is 33.9. The third kappa shape index (κ3) is 4.67. The van der Waals surface area contributed by atoms with Crippen LogP contribution in [0, 0.1) is 0 Å². The smallest absolute Gasteiger partial charge is 0.252 e. The molecule has 0 saturated heterocycles. The Bertz CT molecular complexity index is 928. The summed E-state index contributed by atoms with van der Waals surface area (Å²) in [7, 11) is 0. The van der Waals surface area contributed by atoms with E-state index in [9.17, 15) is 9.59 Å². The van der Waals surface area contributed by atoms with Gasteiger partial charge < -0.3 is 10.6 Å². The molecule has 1 aromatic carbocycles. The van der Waals surface area contributed by atoms with Crippen LogP contribution in [0.5, 0.6) is 0 Å². The fourth-order valence-electron chi connectivity index (χ4n) is 2.74. The van der Waals surface area contributed by atoms with Gasteiger partial charge in [-0.15, -0.1) is 0 Å². The second kappa shape index (κ2) is 8.89. The first-order valence-corrected chi connectivity index (χ1v) is 9.03. The van der Waals surface area contributed by atoms with Gasteiger partial charge in [0.05, 0.1) is 11.2 Å². The predicted molar refractivity (Wildman–Crippen MR) is 104 cm³/mol. The van der Waals surface area contributed by atoms with Crippen molar-refractivity contribution in [3.8, 4) is 0 Å². The van der Waals surface area contributed by atoms with Crippen molar-refractivity contribution >= 4 is 22.7 Å². The summed E-state index contributed by atoms with van der Waals surface area (Å²) in [5.41, 5.74) is 1.78. The zero-order valence-corrected chi connectivity index (χ0v) is 15.2. The fraction of sp³-hybridized carbons (Fsp3) is 0.238. The van der Waals surface area contributed by atoms with Gasteiger partial charge in [-0.3, -0.25) is 19.6 Å². The molecule has 6 nitrogen and oxygen atoms in total. The summed E-state index contributed by atoms with van der Waals surface area (Å²) >= 11 is 0. The average Bonchev–Trinajstić information content (AvgIpc) is 2.72. The van der Waals surface area contributed by atoms with Gasteiger partial charge >= 0.3 is 0 Å². The lowest BCUT2D eigenvalue weighted by atomic mass is 10.1. The van der Waals surface area contributed by atoms with Crippen molar-refractivity contribution in [3.05, 3.63) is 72.2 Å². The van der Waals surface area contributed by atoms with Crippen molar-refractivity contribution in [2.75, 3.05) is 6.54 Å². The molecule has 0 bridgehead atoms. The highest BCUT2D eigenvalue weighted by Gasteiger charge is 2.24. The zero-order valence-electron chi connectivity index (χ0n) is 15.2. The highest BCUT2D eigenvalue weighted by atomic mass is 16.2. The number of amides is 2. The van der Waals surface area contributed by atoms with Crippen LogP contribution < -0.4 is 10.6 Å². The molecular formula is C21H22N4O2. The van der Waals surface area contributed by atoms with Gasteiger partial charge in [0.1, 0.15) is 0 Å². The Morgan fingerprint density at radius 2 is 1.89 bits per heavy atom. The zero-order chi connectivity index (χ0) is 19.1. The van der Waals surface area contributed by atoms with E-state index in [1.165, 1.54) is 0 Å². The van der Waals surface area contributed by atoms with Gasteiger partial charge in [0.15, 0.2) is 6.04 Å². The first-order valence-electron chi connectivity index (χ1n) is 9.03. The molecule has 6 heteroatoms. The van der Waals surface area contributed by atoms with E-state index < -0.39 is 6.04 Å². The van der Waals surface area contributed by atoms with Gasteiger partial charge in [0.25, 0.3) is 5.91 Å². The Labute approximate surface area is 158 Å². The lowest BCUT2D eigenvalue weighted by molar-refractivity contribution is -0.123. The average molecular weight is 362 g/mol. The standard InChI is InChI=1S/C21H22N4O2/c1-2-3-11-24-21(27)19(18-8-4-5-12-23-18)25-20(26)16-9-10-17-15(14-16)7-6-13-22-17/h4-10,12-14,19H,2-3,11H2,1H3,(H,24,27)(H,25,26). The molecule has 0 radical (unpaired) electrons. The van der Waals surface area contributed by atoms with E-state index in [2.05, 4.69) is 27.5 Å². The molecule has 0 aliphatic heterocycles. The SMILES string of the molecule is CCCCNC(=O)C(NC(=O)c1ccc2ncccc2c1)c1ccccn1. The van der Waals surface area contributed by atoms with Gasteiger partial charge in [-0.2, -0.15) is 0 Å². The van der Waals surface area contributed by atoms with Crippen LogP contribution in [-0.2, 0) is 4.79 Å². The Kier molecular flexibility index (Phi) is 6.10. The van der Waals surface area contributed by atoms with Gasteiger partial charge in [-0.25, -0.2) is 0 Å². The van der Waals surface area contributed by atoms with Crippen molar-refractivity contribution < 1.29 is 9.59 Å². The molecule has 0 aliphatic rings. The number of hydrogen-bond donors (Lipinski definition) is 2. The minimum Gasteiger partial charge on any atom is -0.354 e. The van der Waals surface area contributed by atoms with Gasteiger partial charge in [0.2, 0.25) is 5.91 Å². The number of carbonyl (C=O) groups excluding carboxylic acids is 2. The van der Waals surface area contributed by atoms with Crippen LogP contribution in [0.3, 0.4) is 0 Å². The van der Waals surface area contributed by atoms with E-state index in [-0.39, 0.29) is 11.8 Å². The topological polar surface area (TPSA) is 84.0 Å². The first-order chi connectivity index (χ1) is 13.2. The van der Waals surface area contributed by atoms with Crippen molar-refractivity contribution in [2.24, 2.45) is 0 Å². The van der Waals surface area contributed by atoms with Gasteiger partial charge in [0, 0.05) is 29.9 Å².